The molecule has 2 unspecified atom stereocenters. The van der Waals surface area contributed by atoms with E-state index in [1.807, 2.05) is 31.2 Å². The third-order valence-electron chi connectivity index (χ3n) is 4.22. The predicted octanol–water partition coefficient (Wildman–Crippen LogP) is 3.93. The maximum Gasteiger partial charge on any atom is 0.169 e. The summed E-state index contributed by atoms with van der Waals surface area (Å²) in [7, 11) is 0. The quantitative estimate of drug-likeness (QED) is 0.886. The molecule has 0 aliphatic carbocycles. The summed E-state index contributed by atoms with van der Waals surface area (Å²) in [5, 5.41) is 4.26. The molecule has 1 aromatic heterocycles. The molecule has 2 atom stereocenters. The molecule has 0 saturated carbocycles. The van der Waals surface area contributed by atoms with E-state index in [4.69, 9.17) is 4.42 Å². The summed E-state index contributed by atoms with van der Waals surface area (Å²) in [4.78, 5) is 0. The van der Waals surface area contributed by atoms with Gasteiger partial charge in [0.1, 0.15) is 11.3 Å². The molecule has 1 fully saturated rings. The fourth-order valence-corrected chi connectivity index (χ4v) is 2.92. The van der Waals surface area contributed by atoms with Crippen molar-refractivity contribution >= 4 is 11.0 Å². The van der Waals surface area contributed by atoms with Gasteiger partial charge in [0.05, 0.1) is 0 Å². The number of hydrogen-bond acceptors (Lipinski definition) is 2. The Hall–Kier alpha value is -1.35. The summed E-state index contributed by atoms with van der Waals surface area (Å²) in [5.41, 5.74) is 0.536. The zero-order valence-corrected chi connectivity index (χ0v) is 11.5. The number of rotatable bonds is 2. The van der Waals surface area contributed by atoms with Crippen molar-refractivity contribution in [3.05, 3.63) is 35.6 Å². The number of nitrogens with one attached hydrogen (secondary N) is 1. The Balaban J connectivity index is 1.97. The number of aryl methyl sites for hydroxylation is 1. The van der Waals surface area contributed by atoms with Crippen molar-refractivity contribution < 1.29 is 8.81 Å². The van der Waals surface area contributed by atoms with Crippen LogP contribution in [0.1, 0.15) is 31.1 Å². The first-order chi connectivity index (χ1) is 9.07. The van der Waals surface area contributed by atoms with E-state index in [0.29, 0.717) is 5.76 Å². The summed E-state index contributed by atoms with van der Waals surface area (Å²) in [6.45, 7) is 5.40. The molecule has 0 bridgehead atoms. The van der Waals surface area contributed by atoms with Crippen molar-refractivity contribution in [2.24, 2.45) is 5.92 Å². The van der Waals surface area contributed by atoms with Crippen LogP contribution in [0.2, 0.25) is 0 Å². The molecular formula is C16H20FNO. The van der Waals surface area contributed by atoms with Crippen LogP contribution in [0.5, 0.6) is 0 Å². The average molecular weight is 261 g/mol. The highest BCUT2D eigenvalue weighted by Gasteiger charge is 2.39. The van der Waals surface area contributed by atoms with Crippen LogP contribution < -0.4 is 5.32 Å². The minimum absolute atomic E-state index is 0.0112. The molecule has 2 aromatic rings. The van der Waals surface area contributed by atoms with Crippen molar-refractivity contribution in [1.82, 2.24) is 5.32 Å². The monoisotopic (exact) mass is 261 g/mol. The van der Waals surface area contributed by atoms with Gasteiger partial charge in [0.25, 0.3) is 0 Å². The minimum atomic E-state index is -1.40. The Morgan fingerprint density at radius 3 is 2.95 bits per heavy atom. The van der Waals surface area contributed by atoms with Crippen molar-refractivity contribution in [2.75, 3.05) is 13.1 Å². The van der Waals surface area contributed by atoms with E-state index in [0.717, 1.165) is 36.9 Å². The Morgan fingerprint density at radius 1 is 1.37 bits per heavy atom. The van der Waals surface area contributed by atoms with Crippen LogP contribution in [0.4, 0.5) is 4.39 Å². The summed E-state index contributed by atoms with van der Waals surface area (Å²) in [6.07, 6.45) is 1.94. The fraction of sp³-hybridized carbons (Fsp3) is 0.500. The number of furan rings is 1. The van der Waals surface area contributed by atoms with E-state index in [1.54, 1.807) is 6.92 Å². The first-order valence-corrected chi connectivity index (χ1v) is 6.97. The van der Waals surface area contributed by atoms with Gasteiger partial charge in [0.2, 0.25) is 0 Å². The van der Waals surface area contributed by atoms with E-state index in [9.17, 15) is 0 Å². The Labute approximate surface area is 113 Å². The third kappa shape index (κ3) is 2.27. The maximum absolute atomic E-state index is 15.1. The molecule has 1 aliphatic heterocycles. The fourth-order valence-electron chi connectivity index (χ4n) is 2.92. The van der Waals surface area contributed by atoms with E-state index in [1.165, 1.54) is 5.56 Å². The highest BCUT2D eigenvalue weighted by Crippen LogP contribution is 2.39. The molecule has 0 amide bonds. The number of fused-ring (bicyclic) bond motifs is 1. The second-order valence-corrected chi connectivity index (χ2v) is 5.77. The van der Waals surface area contributed by atoms with E-state index >= 15 is 4.39 Å². The number of halogens is 1. The average Bonchev–Trinajstić information content (AvgIpc) is 2.83. The lowest BCUT2D eigenvalue weighted by Crippen LogP contribution is -2.39. The summed E-state index contributed by atoms with van der Waals surface area (Å²) in [6, 6.07) is 7.81. The van der Waals surface area contributed by atoms with Gasteiger partial charge in [-0.05, 0) is 51.4 Å². The van der Waals surface area contributed by atoms with Crippen LogP contribution in [0.3, 0.4) is 0 Å². The molecular weight excluding hydrogens is 241 g/mol. The van der Waals surface area contributed by atoms with Gasteiger partial charge in [0.15, 0.2) is 5.67 Å². The highest BCUT2D eigenvalue weighted by atomic mass is 19.1. The van der Waals surface area contributed by atoms with Gasteiger partial charge in [-0.1, -0.05) is 11.6 Å². The van der Waals surface area contributed by atoms with Crippen LogP contribution in [0.15, 0.2) is 28.7 Å². The van der Waals surface area contributed by atoms with Crippen molar-refractivity contribution in [1.29, 1.82) is 0 Å². The molecule has 1 aromatic carbocycles. The predicted molar refractivity (Wildman–Crippen MR) is 75.0 cm³/mol. The summed E-state index contributed by atoms with van der Waals surface area (Å²) >= 11 is 0. The molecule has 102 valence electrons. The third-order valence-corrected chi connectivity index (χ3v) is 4.22. The molecule has 0 spiro atoms. The van der Waals surface area contributed by atoms with Crippen LogP contribution in [-0.4, -0.2) is 13.1 Å². The number of benzene rings is 1. The van der Waals surface area contributed by atoms with E-state index in [2.05, 4.69) is 5.32 Å². The van der Waals surface area contributed by atoms with Gasteiger partial charge in [-0.25, -0.2) is 4.39 Å². The first kappa shape index (κ1) is 12.7. The van der Waals surface area contributed by atoms with Gasteiger partial charge in [-0.3, -0.25) is 0 Å². The highest BCUT2D eigenvalue weighted by molar-refractivity contribution is 5.78. The number of hydrogen-bond donors (Lipinski definition) is 1. The number of alkyl halides is 1. The van der Waals surface area contributed by atoms with Crippen molar-refractivity contribution in [2.45, 2.75) is 32.4 Å². The molecule has 1 saturated heterocycles. The lowest BCUT2D eigenvalue weighted by molar-refractivity contribution is 0.0591. The minimum Gasteiger partial charge on any atom is -0.458 e. The lowest BCUT2D eigenvalue weighted by Gasteiger charge is -2.32. The zero-order chi connectivity index (χ0) is 13.5. The van der Waals surface area contributed by atoms with E-state index in [-0.39, 0.29) is 5.92 Å². The van der Waals surface area contributed by atoms with Gasteiger partial charge >= 0.3 is 0 Å². The second kappa shape index (κ2) is 4.64. The summed E-state index contributed by atoms with van der Waals surface area (Å²) < 4.78 is 20.9. The smallest absolute Gasteiger partial charge is 0.169 e. The van der Waals surface area contributed by atoms with Crippen molar-refractivity contribution in [3.63, 3.8) is 0 Å². The molecule has 2 heterocycles. The molecule has 3 heteroatoms. The van der Waals surface area contributed by atoms with Gasteiger partial charge in [0, 0.05) is 17.8 Å². The molecule has 1 aliphatic rings. The normalized spacial score (nSPS) is 23.4. The standard InChI is InChI=1S/C16H20FNO/c1-11-5-6-14-12(8-11)9-15(19-14)16(2,17)13-4-3-7-18-10-13/h5-6,8-9,13,18H,3-4,7,10H2,1-2H3. The first-order valence-electron chi connectivity index (χ1n) is 6.97. The van der Waals surface area contributed by atoms with Crippen molar-refractivity contribution in [3.8, 4) is 0 Å². The summed E-state index contributed by atoms with van der Waals surface area (Å²) in [5.74, 6) is 0.449. The van der Waals surface area contributed by atoms with Gasteiger partial charge in [-0.15, -0.1) is 0 Å². The number of piperidine rings is 1. The Morgan fingerprint density at radius 2 is 2.21 bits per heavy atom. The Bertz CT molecular complexity index is 581. The van der Waals surface area contributed by atoms with Gasteiger partial charge < -0.3 is 9.73 Å². The van der Waals surface area contributed by atoms with Crippen LogP contribution in [0, 0.1) is 12.8 Å². The largest absolute Gasteiger partial charge is 0.458 e. The van der Waals surface area contributed by atoms with Gasteiger partial charge in [-0.2, -0.15) is 0 Å². The maximum atomic E-state index is 15.1. The zero-order valence-electron chi connectivity index (χ0n) is 11.5. The van der Waals surface area contributed by atoms with Crippen LogP contribution in [-0.2, 0) is 5.67 Å². The Kier molecular flexibility index (Phi) is 3.09. The topological polar surface area (TPSA) is 25.2 Å². The molecule has 0 radical (unpaired) electrons. The molecule has 2 nitrogen and oxygen atoms in total. The van der Waals surface area contributed by atoms with Crippen LogP contribution in [0.25, 0.3) is 11.0 Å². The van der Waals surface area contributed by atoms with E-state index < -0.39 is 5.67 Å². The second-order valence-electron chi connectivity index (χ2n) is 5.77. The molecule has 1 N–H and O–H groups in total. The molecule has 3 rings (SSSR count). The lowest BCUT2D eigenvalue weighted by atomic mass is 9.83. The molecule has 19 heavy (non-hydrogen) atoms. The SMILES string of the molecule is Cc1ccc2oc(C(C)(F)C3CCCNC3)cc2c1. The van der Waals surface area contributed by atoms with Crippen LogP contribution >= 0.6 is 0 Å².